The number of benzene rings is 2. The molecule has 1 aliphatic rings. The van der Waals surface area contributed by atoms with Crippen molar-refractivity contribution in [3.8, 4) is 5.75 Å². The number of ether oxygens (including phenoxy) is 1. The van der Waals surface area contributed by atoms with Gasteiger partial charge in [0.25, 0.3) is 0 Å². The minimum Gasteiger partial charge on any atom is -0.490 e. The molecule has 0 spiro atoms. The van der Waals surface area contributed by atoms with Gasteiger partial charge in [-0.2, -0.15) is 0 Å². The van der Waals surface area contributed by atoms with Crippen LogP contribution in [0.2, 0.25) is 0 Å². The van der Waals surface area contributed by atoms with E-state index in [-0.39, 0.29) is 6.10 Å². The van der Waals surface area contributed by atoms with E-state index in [2.05, 4.69) is 35.2 Å². The Labute approximate surface area is 133 Å². The fourth-order valence-corrected chi connectivity index (χ4v) is 3.10. The Morgan fingerprint density at radius 3 is 2.18 bits per heavy atom. The molecule has 2 aromatic carbocycles. The molecule has 2 nitrogen and oxygen atoms in total. The Morgan fingerprint density at radius 2 is 1.50 bits per heavy atom. The second-order valence-electron chi connectivity index (χ2n) is 6.08. The fourth-order valence-electron chi connectivity index (χ4n) is 3.10. The Morgan fingerprint density at radius 1 is 0.864 bits per heavy atom. The van der Waals surface area contributed by atoms with Gasteiger partial charge in [-0.15, -0.1) is 0 Å². The van der Waals surface area contributed by atoms with Crippen molar-refractivity contribution in [1.82, 2.24) is 4.90 Å². The van der Waals surface area contributed by atoms with Gasteiger partial charge in [0.05, 0.1) is 0 Å². The first-order chi connectivity index (χ1) is 10.9. The van der Waals surface area contributed by atoms with Crippen molar-refractivity contribution in [3.05, 3.63) is 66.2 Å². The van der Waals surface area contributed by atoms with Crippen molar-refractivity contribution in [3.63, 3.8) is 0 Å². The lowest BCUT2D eigenvalue weighted by Gasteiger charge is -2.22. The summed E-state index contributed by atoms with van der Waals surface area (Å²) in [5.74, 6) is 0.977. The van der Waals surface area contributed by atoms with Crippen LogP contribution in [0.3, 0.4) is 0 Å². The van der Waals surface area contributed by atoms with E-state index in [0.29, 0.717) is 0 Å². The molecule has 1 saturated heterocycles. The molecule has 0 radical (unpaired) electrons. The molecule has 0 saturated carbocycles. The summed E-state index contributed by atoms with van der Waals surface area (Å²) < 4.78 is 6.25. The number of likely N-dealkylation sites (tertiary alicyclic amines) is 1. The summed E-state index contributed by atoms with van der Waals surface area (Å²) in [4.78, 5) is 2.56. The first-order valence-electron chi connectivity index (χ1n) is 8.38. The Kier molecular flexibility index (Phi) is 5.49. The highest BCUT2D eigenvalue weighted by Gasteiger charge is 2.16. The third kappa shape index (κ3) is 4.60. The molecular weight excluding hydrogens is 270 g/mol. The molecule has 22 heavy (non-hydrogen) atoms. The predicted molar refractivity (Wildman–Crippen MR) is 91.3 cm³/mol. The van der Waals surface area contributed by atoms with E-state index in [9.17, 15) is 0 Å². The molecule has 1 aliphatic heterocycles. The highest BCUT2D eigenvalue weighted by atomic mass is 16.5. The van der Waals surface area contributed by atoms with E-state index in [1.54, 1.807) is 0 Å². The zero-order valence-corrected chi connectivity index (χ0v) is 13.2. The van der Waals surface area contributed by atoms with Crippen molar-refractivity contribution in [2.24, 2.45) is 0 Å². The summed E-state index contributed by atoms with van der Waals surface area (Å²) in [5, 5.41) is 0. The van der Waals surface area contributed by atoms with Crippen molar-refractivity contribution in [1.29, 1.82) is 0 Å². The summed E-state index contributed by atoms with van der Waals surface area (Å²) in [6, 6.07) is 20.9. The maximum Gasteiger partial charge on any atom is 0.119 e. The van der Waals surface area contributed by atoms with E-state index in [4.69, 9.17) is 4.74 Å². The highest BCUT2D eigenvalue weighted by Crippen LogP contribution is 2.17. The van der Waals surface area contributed by atoms with Crippen LogP contribution in [-0.2, 0) is 6.42 Å². The summed E-state index contributed by atoms with van der Waals surface area (Å²) in [6.07, 6.45) is 5.00. The molecule has 2 heteroatoms. The number of para-hydroxylation sites is 1. The van der Waals surface area contributed by atoms with Gasteiger partial charge in [-0.05, 0) is 50.0 Å². The zero-order chi connectivity index (χ0) is 15.0. The van der Waals surface area contributed by atoms with Gasteiger partial charge in [-0.1, -0.05) is 48.5 Å². The smallest absolute Gasteiger partial charge is 0.119 e. The van der Waals surface area contributed by atoms with Crippen LogP contribution in [0.15, 0.2) is 60.7 Å². The van der Waals surface area contributed by atoms with Crippen LogP contribution in [0.4, 0.5) is 0 Å². The average molecular weight is 295 g/mol. The lowest BCUT2D eigenvalue weighted by Crippen LogP contribution is -2.28. The largest absolute Gasteiger partial charge is 0.490 e. The van der Waals surface area contributed by atoms with Gasteiger partial charge < -0.3 is 9.64 Å². The van der Waals surface area contributed by atoms with Crippen LogP contribution < -0.4 is 4.74 Å². The second-order valence-corrected chi connectivity index (χ2v) is 6.08. The molecule has 0 aliphatic carbocycles. The summed E-state index contributed by atoms with van der Waals surface area (Å²) in [7, 11) is 0. The molecule has 116 valence electrons. The quantitative estimate of drug-likeness (QED) is 0.760. The van der Waals surface area contributed by atoms with Gasteiger partial charge in [0.2, 0.25) is 0 Å². The lowest BCUT2D eigenvalue weighted by atomic mass is 10.1. The Balaban J connectivity index is 1.61. The van der Waals surface area contributed by atoms with Gasteiger partial charge in [-0.25, -0.2) is 0 Å². The first kappa shape index (κ1) is 15.1. The van der Waals surface area contributed by atoms with Crippen LogP contribution in [0, 0.1) is 0 Å². The minimum absolute atomic E-state index is 0.241. The molecular formula is C20H25NO. The topological polar surface area (TPSA) is 12.5 Å². The summed E-state index contributed by atoms with van der Waals surface area (Å²) in [5.41, 5.74) is 1.35. The van der Waals surface area contributed by atoms with Crippen molar-refractivity contribution < 1.29 is 4.74 Å². The zero-order valence-electron chi connectivity index (χ0n) is 13.2. The van der Waals surface area contributed by atoms with Crippen LogP contribution in [0.5, 0.6) is 5.75 Å². The molecule has 1 heterocycles. The third-order valence-electron chi connectivity index (χ3n) is 4.32. The molecule has 0 bridgehead atoms. The van der Waals surface area contributed by atoms with E-state index in [1.165, 1.54) is 31.5 Å². The van der Waals surface area contributed by atoms with Crippen LogP contribution in [0.1, 0.15) is 24.8 Å². The molecule has 0 aromatic heterocycles. The summed E-state index contributed by atoms with van der Waals surface area (Å²) >= 11 is 0. The summed E-state index contributed by atoms with van der Waals surface area (Å²) in [6.45, 7) is 3.65. The van der Waals surface area contributed by atoms with Crippen molar-refractivity contribution in [2.45, 2.75) is 31.8 Å². The second kappa shape index (κ2) is 8.00. The molecule has 0 N–H and O–H groups in total. The Bertz CT molecular complexity index is 493. The average Bonchev–Trinajstić information content (AvgIpc) is 3.08. The van der Waals surface area contributed by atoms with Crippen molar-refractivity contribution in [2.75, 3.05) is 19.6 Å². The fraction of sp³-hybridized carbons (Fsp3) is 0.400. The first-order valence-corrected chi connectivity index (χ1v) is 8.38. The van der Waals surface area contributed by atoms with Crippen LogP contribution in [0.25, 0.3) is 0 Å². The molecule has 2 aromatic rings. The molecule has 1 unspecified atom stereocenters. The Hall–Kier alpha value is -1.80. The number of hydrogen-bond acceptors (Lipinski definition) is 2. The lowest BCUT2D eigenvalue weighted by molar-refractivity contribution is 0.170. The van der Waals surface area contributed by atoms with E-state index >= 15 is 0 Å². The van der Waals surface area contributed by atoms with Gasteiger partial charge in [-0.3, -0.25) is 0 Å². The SMILES string of the molecule is c1ccc(CC(CCN2CCCC2)Oc2ccccc2)cc1. The van der Waals surface area contributed by atoms with E-state index in [0.717, 1.165) is 25.1 Å². The third-order valence-corrected chi connectivity index (χ3v) is 4.32. The van der Waals surface area contributed by atoms with E-state index < -0.39 is 0 Å². The van der Waals surface area contributed by atoms with Crippen molar-refractivity contribution >= 4 is 0 Å². The monoisotopic (exact) mass is 295 g/mol. The van der Waals surface area contributed by atoms with Crippen LogP contribution >= 0.6 is 0 Å². The van der Waals surface area contributed by atoms with Crippen LogP contribution in [-0.4, -0.2) is 30.6 Å². The molecule has 0 amide bonds. The normalized spacial score (nSPS) is 16.5. The van der Waals surface area contributed by atoms with Gasteiger partial charge >= 0.3 is 0 Å². The maximum absolute atomic E-state index is 6.25. The van der Waals surface area contributed by atoms with Gasteiger partial charge in [0.15, 0.2) is 0 Å². The maximum atomic E-state index is 6.25. The predicted octanol–water partition coefficient (Wildman–Crippen LogP) is 4.16. The van der Waals surface area contributed by atoms with Gasteiger partial charge in [0.1, 0.15) is 11.9 Å². The molecule has 1 atom stereocenters. The van der Waals surface area contributed by atoms with Gasteiger partial charge in [0, 0.05) is 13.0 Å². The van der Waals surface area contributed by atoms with E-state index in [1.807, 2.05) is 30.3 Å². The number of hydrogen-bond donors (Lipinski definition) is 0. The standard InChI is InChI=1S/C20H25NO/c1-3-9-18(10-4-1)17-20(13-16-21-14-7-8-15-21)22-19-11-5-2-6-12-19/h1-6,9-12,20H,7-8,13-17H2. The number of nitrogens with zero attached hydrogens (tertiary/aromatic N) is 1. The molecule has 1 fully saturated rings. The highest BCUT2D eigenvalue weighted by molar-refractivity contribution is 5.22. The molecule has 3 rings (SSSR count). The minimum atomic E-state index is 0.241. The number of rotatable bonds is 7.